The molecule has 0 radical (unpaired) electrons. The molecule has 0 amide bonds. The monoisotopic (exact) mass is 415 g/mol. The van der Waals surface area contributed by atoms with Crippen LogP contribution >= 0.6 is 23.5 Å². The van der Waals surface area contributed by atoms with Crippen molar-refractivity contribution < 1.29 is 13.2 Å². The first kappa shape index (κ1) is 20.3. The average Bonchev–Trinajstić information content (AvgIpc) is 2.69. The van der Waals surface area contributed by atoms with E-state index in [4.69, 9.17) is 0 Å². The maximum Gasteiger partial charge on any atom is 0.422 e. The van der Waals surface area contributed by atoms with Crippen LogP contribution in [0.2, 0.25) is 0 Å². The summed E-state index contributed by atoms with van der Waals surface area (Å²) in [5.41, 5.74) is 0.600. The maximum atomic E-state index is 13.7. The number of para-hydroxylation sites is 1. The van der Waals surface area contributed by atoms with Gasteiger partial charge in [-0.05, 0) is 42.5 Å². The summed E-state index contributed by atoms with van der Waals surface area (Å²) in [4.78, 5) is 5.07. The van der Waals surface area contributed by atoms with Crippen LogP contribution in [0.3, 0.4) is 0 Å². The highest BCUT2D eigenvalue weighted by molar-refractivity contribution is 8.14. The number of nitrogens with zero attached hydrogens (tertiary/aromatic N) is 1. The fraction of sp³-hybridized carbons (Fsp3) is 0.0455. The molecule has 0 atom stereocenters. The van der Waals surface area contributed by atoms with Gasteiger partial charge in [-0.2, -0.15) is 13.2 Å². The largest absolute Gasteiger partial charge is 0.422 e. The van der Waals surface area contributed by atoms with E-state index < -0.39 is 11.1 Å². The SMILES string of the molecule is FC(F)(F)/C(=C\C(=Nc1ccccc1)Sc1ccccc1)Sc1ccccc1. The molecule has 0 saturated carbocycles. The van der Waals surface area contributed by atoms with Crippen LogP contribution in [0.15, 0.2) is 117 Å². The molecule has 0 aliphatic rings. The number of allylic oxidation sites excluding steroid dienone is 1. The van der Waals surface area contributed by atoms with E-state index in [1.54, 1.807) is 54.6 Å². The summed E-state index contributed by atoms with van der Waals surface area (Å²) in [6.45, 7) is 0. The predicted molar refractivity (Wildman–Crippen MR) is 112 cm³/mol. The normalized spacial score (nSPS) is 12.8. The average molecular weight is 416 g/mol. The molecular weight excluding hydrogens is 399 g/mol. The van der Waals surface area contributed by atoms with Gasteiger partial charge in [0.2, 0.25) is 0 Å². The van der Waals surface area contributed by atoms with E-state index in [2.05, 4.69) is 4.99 Å². The van der Waals surface area contributed by atoms with Crippen LogP contribution in [-0.2, 0) is 0 Å². The third-order valence-electron chi connectivity index (χ3n) is 3.47. The molecule has 6 heteroatoms. The number of hydrogen-bond acceptors (Lipinski definition) is 3. The lowest BCUT2D eigenvalue weighted by Gasteiger charge is -2.12. The fourth-order valence-electron chi connectivity index (χ4n) is 2.22. The van der Waals surface area contributed by atoms with Gasteiger partial charge in [-0.15, -0.1) is 0 Å². The number of hydrogen-bond donors (Lipinski definition) is 0. The molecule has 0 N–H and O–H groups in total. The van der Waals surface area contributed by atoms with Gasteiger partial charge in [0.15, 0.2) is 0 Å². The molecule has 28 heavy (non-hydrogen) atoms. The van der Waals surface area contributed by atoms with Crippen molar-refractivity contribution >= 4 is 34.3 Å². The smallest absolute Gasteiger partial charge is 0.242 e. The number of rotatable bonds is 5. The van der Waals surface area contributed by atoms with E-state index in [1.807, 2.05) is 36.4 Å². The van der Waals surface area contributed by atoms with Gasteiger partial charge >= 0.3 is 6.18 Å². The lowest BCUT2D eigenvalue weighted by atomic mass is 10.3. The lowest BCUT2D eigenvalue weighted by Crippen LogP contribution is -2.10. The highest BCUT2D eigenvalue weighted by Gasteiger charge is 2.35. The summed E-state index contributed by atoms with van der Waals surface area (Å²) in [5.74, 6) is 0. The molecule has 3 aromatic carbocycles. The van der Waals surface area contributed by atoms with Gasteiger partial charge in [0.1, 0.15) is 5.04 Å². The summed E-state index contributed by atoms with van der Waals surface area (Å²) < 4.78 is 41.1. The minimum Gasteiger partial charge on any atom is -0.242 e. The third-order valence-corrected chi connectivity index (χ3v) is 5.47. The molecule has 0 bridgehead atoms. The Balaban J connectivity index is 1.99. The Morgan fingerprint density at radius 3 is 1.64 bits per heavy atom. The molecule has 3 aromatic rings. The second-order valence-electron chi connectivity index (χ2n) is 5.62. The van der Waals surface area contributed by atoms with E-state index in [1.165, 1.54) is 11.8 Å². The minimum absolute atomic E-state index is 0.271. The standard InChI is InChI=1S/C22H16F3NS2/c23-22(24,25)20(27-18-12-6-2-7-13-18)16-21(26-17-10-4-1-5-11-17)28-19-14-8-3-9-15-19/h1-16H/b20-16+,26-21?. The summed E-state index contributed by atoms with van der Waals surface area (Å²) in [5, 5.41) is 0.271. The quantitative estimate of drug-likeness (QED) is 0.240. The van der Waals surface area contributed by atoms with Crippen molar-refractivity contribution in [3.63, 3.8) is 0 Å². The summed E-state index contributed by atoms with van der Waals surface area (Å²) in [7, 11) is 0. The van der Waals surface area contributed by atoms with Crippen LogP contribution in [0.5, 0.6) is 0 Å². The van der Waals surface area contributed by atoms with Gasteiger partial charge in [-0.25, -0.2) is 4.99 Å². The highest BCUT2D eigenvalue weighted by atomic mass is 32.2. The van der Waals surface area contributed by atoms with E-state index in [0.29, 0.717) is 22.3 Å². The first-order chi connectivity index (χ1) is 13.5. The zero-order valence-electron chi connectivity index (χ0n) is 14.6. The molecule has 142 valence electrons. The van der Waals surface area contributed by atoms with Crippen LogP contribution in [-0.4, -0.2) is 11.2 Å². The van der Waals surface area contributed by atoms with E-state index in [-0.39, 0.29) is 5.04 Å². The summed E-state index contributed by atoms with van der Waals surface area (Å²) >= 11 is 1.89. The van der Waals surface area contributed by atoms with Gasteiger partial charge in [0.05, 0.1) is 10.6 Å². The second-order valence-corrected chi connectivity index (χ2v) is 7.83. The van der Waals surface area contributed by atoms with Crippen LogP contribution in [0.4, 0.5) is 18.9 Å². The Morgan fingerprint density at radius 2 is 1.14 bits per heavy atom. The van der Waals surface area contributed by atoms with E-state index in [9.17, 15) is 13.2 Å². The van der Waals surface area contributed by atoms with E-state index >= 15 is 0 Å². The maximum absolute atomic E-state index is 13.7. The predicted octanol–water partition coefficient (Wildman–Crippen LogP) is 7.75. The fourth-order valence-corrected chi connectivity index (χ4v) is 3.99. The molecule has 0 unspecified atom stereocenters. The van der Waals surface area contributed by atoms with Crippen LogP contribution in [0, 0.1) is 0 Å². The Bertz CT molecular complexity index is 938. The number of halogens is 3. The number of benzene rings is 3. The molecule has 0 heterocycles. The van der Waals surface area contributed by atoms with Crippen LogP contribution in [0.1, 0.15) is 0 Å². The molecule has 0 saturated heterocycles. The molecule has 1 nitrogen and oxygen atoms in total. The van der Waals surface area contributed by atoms with Crippen LogP contribution < -0.4 is 0 Å². The van der Waals surface area contributed by atoms with Crippen molar-refractivity contribution in [2.24, 2.45) is 4.99 Å². The lowest BCUT2D eigenvalue weighted by molar-refractivity contribution is -0.0835. The molecule has 0 fully saturated rings. The number of alkyl halides is 3. The molecule has 0 aliphatic heterocycles. The van der Waals surface area contributed by atoms with Crippen LogP contribution in [0.25, 0.3) is 0 Å². The molecule has 0 aromatic heterocycles. The zero-order valence-corrected chi connectivity index (χ0v) is 16.3. The van der Waals surface area contributed by atoms with Crippen molar-refractivity contribution in [2.45, 2.75) is 16.0 Å². The minimum atomic E-state index is -4.48. The number of aliphatic imine (C=N–C) groups is 1. The molecule has 0 aliphatic carbocycles. The second kappa shape index (κ2) is 9.66. The number of thioether (sulfide) groups is 2. The van der Waals surface area contributed by atoms with Crippen molar-refractivity contribution in [3.8, 4) is 0 Å². The summed E-state index contributed by atoms with van der Waals surface area (Å²) in [6.07, 6.45) is -3.36. The Morgan fingerprint density at radius 1 is 0.679 bits per heavy atom. The first-order valence-electron chi connectivity index (χ1n) is 8.39. The van der Waals surface area contributed by atoms with E-state index in [0.717, 1.165) is 11.0 Å². The van der Waals surface area contributed by atoms with Crippen molar-refractivity contribution in [1.82, 2.24) is 0 Å². The topological polar surface area (TPSA) is 12.4 Å². The third kappa shape index (κ3) is 6.32. The van der Waals surface area contributed by atoms with Crippen molar-refractivity contribution in [2.75, 3.05) is 0 Å². The Hall–Kier alpha value is -2.44. The molecular formula is C22H16F3NS2. The molecule has 3 rings (SSSR count). The van der Waals surface area contributed by atoms with Gasteiger partial charge in [-0.1, -0.05) is 78.1 Å². The highest BCUT2D eigenvalue weighted by Crippen LogP contribution is 2.40. The summed E-state index contributed by atoms with van der Waals surface area (Å²) in [6, 6.07) is 26.7. The Labute approximate surface area is 170 Å². The van der Waals surface area contributed by atoms with Gasteiger partial charge in [0.25, 0.3) is 0 Å². The first-order valence-corrected chi connectivity index (χ1v) is 10.0. The van der Waals surface area contributed by atoms with Gasteiger partial charge in [-0.3, -0.25) is 0 Å². The van der Waals surface area contributed by atoms with Crippen molar-refractivity contribution in [1.29, 1.82) is 0 Å². The van der Waals surface area contributed by atoms with Gasteiger partial charge in [0, 0.05) is 9.79 Å². The Kier molecular flexibility index (Phi) is 7.01. The zero-order chi connectivity index (χ0) is 19.8. The molecule has 0 spiro atoms. The van der Waals surface area contributed by atoms with Gasteiger partial charge < -0.3 is 0 Å². The van der Waals surface area contributed by atoms with Crippen molar-refractivity contribution in [3.05, 3.63) is 102 Å².